The molecule has 8 heteroatoms. The fourth-order valence-corrected chi connectivity index (χ4v) is 3.29. The molecule has 0 unspecified atom stereocenters. The monoisotopic (exact) mass is 344 g/mol. The van der Waals surface area contributed by atoms with Crippen LogP contribution in [0.15, 0.2) is 36.4 Å². The molecule has 1 aliphatic carbocycles. The molecule has 1 aliphatic heterocycles. The zero-order valence-electron chi connectivity index (χ0n) is 13.5. The van der Waals surface area contributed by atoms with Crippen LogP contribution < -0.4 is 0 Å². The van der Waals surface area contributed by atoms with Gasteiger partial charge in [0, 0.05) is 4.92 Å². The van der Waals surface area contributed by atoms with Gasteiger partial charge in [0.1, 0.15) is 0 Å². The molecule has 8 nitrogen and oxygen atoms in total. The predicted octanol–water partition coefficient (Wildman–Crippen LogP) is 1.44. The lowest BCUT2D eigenvalue weighted by Crippen LogP contribution is -2.41. The van der Waals surface area contributed by atoms with E-state index in [-0.39, 0.29) is 13.0 Å². The Morgan fingerprint density at radius 2 is 1.88 bits per heavy atom. The standard InChI is InChI=1S/C17H16N2O6/c1-2-25-17(22)14(19(23)24)10-7-8-11(9-10)18-15(20)12-5-3-4-6-13(12)16(18)21/h3-8,10-11,14H,2,9H2,1H3/t10-,11-,14-/m0/s1. The van der Waals surface area contributed by atoms with Crippen molar-refractivity contribution in [1.29, 1.82) is 0 Å². The molecule has 0 aromatic heterocycles. The van der Waals surface area contributed by atoms with Crippen LogP contribution in [0.3, 0.4) is 0 Å². The van der Waals surface area contributed by atoms with E-state index in [1.165, 1.54) is 6.08 Å². The Labute approximate surface area is 143 Å². The number of fused-ring (bicyclic) bond motifs is 1. The second-order valence-electron chi connectivity index (χ2n) is 5.86. The molecule has 25 heavy (non-hydrogen) atoms. The molecule has 0 fully saturated rings. The van der Waals surface area contributed by atoms with Crippen LogP contribution in [-0.4, -0.2) is 46.3 Å². The summed E-state index contributed by atoms with van der Waals surface area (Å²) in [5.74, 6) is -2.50. The van der Waals surface area contributed by atoms with Gasteiger partial charge >= 0.3 is 12.0 Å². The maximum atomic E-state index is 12.5. The van der Waals surface area contributed by atoms with Crippen LogP contribution in [0.2, 0.25) is 0 Å². The average molecular weight is 344 g/mol. The minimum atomic E-state index is -1.55. The van der Waals surface area contributed by atoms with Crippen molar-refractivity contribution in [2.75, 3.05) is 6.61 Å². The van der Waals surface area contributed by atoms with Crippen molar-refractivity contribution in [2.24, 2.45) is 5.92 Å². The summed E-state index contributed by atoms with van der Waals surface area (Å²) in [5, 5.41) is 11.3. The molecule has 2 amide bonds. The summed E-state index contributed by atoms with van der Waals surface area (Å²) in [6.07, 6.45) is 3.20. The quantitative estimate of drug-likeness (QED) is 0.263. The van der Waals surface area contributed by atoms with Crippen LogP contribution >= 0.6 is 0 Å². The Hall–Kier alpha value is -3.03. The predicted molar refractivity (Wildman–Crippen MR) is 85.4 cm³/mol. The molecule has 0 radical (unpaired) electrons. The number of imide groups is 1. The van der Waals surface area contributed by atoms with Crippen molar-refractivity contribution in [2.45, 2.75) is 25.4 Å². The third-order valence-corrected chi connectivity index (χ3v) is 4.41. The van der Waals surface area contributed by atoms with Crippen LogP contribution in [0.1, 0.15) is 34.1 Å². The molecule has 1 heterocycles. The molecule has 3 atom stereocenters. The van der Waals surface area contributed by atoms with Gasteiger partial charge in [-0.15, -0.1) is 0 Å². The second-order valence-corrected chi connectivity index (χ2v) is 5.86. The van der Waals surface area contributed by atoms with Crippen LogP contribution in [0.5, 0.6) is 0 Å². The number of amides is 2. The molecule has 1 aromatic rings. The average Bonchev–Trinajstić information content (AvgIpc) is 3.12. The van der Waals surface area contributed by atoms with Gasteiger partial charge in [-0.25, -0.2) is 4.79 Å². The molecule has 0 bridgehead atoms. The van der Waals surface area contributed by atoms with Gasteiger partial charge in [-0.1, -0.05) is 24.3 Å². The smallest absolute Gasteiger partial charge is 0.382 e. The molecule has 0 spiro atoms. The zero-order valence-corrected chi connectivity index (χ0v) is 13.5. The second kappa shape index (κ2) is 6.46. The molecule has 0 saturated heterocycles. The number of carbonyl (C=O) groups excluding carboxylic acids is 3. The van der Waals surface area contributed by atoms with E-state index in [1.807, 2.05) is 0 Å². The SMILES string of the molecule is CCOC(=O)[C@H]([C@H]1C=C[C@H](N2C(=O)c3ccccc3C2=O)C1)[N+](=O)[O-]. The fourth-order valence-electron chi connectivity index (χ4n) is 3.29. The van der Waals surface area contributed by atoms with E-state index in [9.17, 15) is 24.5 Å². The molecule has 3 rings (SSSR count). The first-order valence-electron chi connectivity index (χ1n) is 7.91. The summed E-state index contributed by atoms with van der Waals surface area (Å²) in [7, 11) is 0. The highest BCUT2D eigenvalue weighted by Crippen LogP contribution is 2.32. The summed E-state index contributed by atoms with van der Waals surface area (Å²) in [5.41, 5.74) is 0.640. The molecule has 1 aromatic carbocycles. The summed E-state index contributed by atoms with van der Waals surface area (Å²) in [6.45, 7) is 1.61. The highest BCUT2D eigenvalue weighted by atomic mass is 16.6. The summed E-state index contributed by atoms with van der Waals surface area (Å²) in [4.78, 5) is 48.5. The highest BCUT2D eigenvalue weighted by molar-refractivity contribution is 6.21. The van der Waals surface area contributed by atoms with Crippen LogP contribution in [0, 0.1) is 16.0 Å². The Morgan fingerprint density at radius 1 is 1.28 bits per heavy atom. The molecule has 0 saturated carbocycles. The van der Waals surface area contributed by atoms with Crippen molar-refractivity contribution in [1.82, 2.24) is 4.90 Å². The fraction of sp³-hybridized carbons (Fsp3) is 0.353. The Morgan fingerprint density at radius 3 is 2.40 bits per heavy atom. The van der Waals surface area contributed by atoms with Gasteiger partial charge in [-0.2, -0.15) is 0 Å². The maximum absolute atomic E-state index is 12.5. The summed E-state index contributed by atoms with van der Waals surface area (Å²) < 4.78 is 4.77. The maximum Gasteiger partial charge on any atom is 0.382 e. The van der Waals surface area contributed by atoms with E-state index in [4.69, 9.17) is 4.74 Å². The van der Waals surface area contributed by atoms with Crippen LogP contribution in [-0.2, 0) is 9.53 Å². The number of hydrogen-bond acceptors (Lipinski definition) is 6. The lowest BCUT2D eigenvalue weighted by Gasteiger charge is -2.22. The normalized spacial score (nSPS) is 22.8. The third-order valence-electron chi connectivity index (χ3n) is 4.41. The van der Waals surface area contributed by atoms with Gasteiger partial charge in [0.2, 0.25) is 0 Å². The van der Waals surface area contributed by atoms with Crippen LogP contribution in [0.25, 0.3) is 0 Å². The first-order valence-corrected chi connectivity index (χ1v) is 7.91. The van der Waals surface area contributed by atoms with Crippen molar-refractivity contribution in [3.63, 3.8) is 0 Å². The Balaban J connectivity index is 1.79. The number of ether oxygens (including phenoxy) is 1. The number of rotatable bonds is 5. The minimum Gasteiger partial charge on any atom is -0.461 e. The lowest BCUT2D eigenvalue weighted by molar-refractivity contribution is -0.517. The lowest BCUT2D eigenvalue weighted by atomic mass is 9.98. The van der Waals surface area contributed by atoms with E-state index in [2.05, 4.69) is 0 Å². The summed E-state index contributed by atoms with van der Waals surface area (Å²) >= 11 is 0. The van der Waals surface area contributed by atoms with Gasteiger partial charge in [0.05, 0.1) is 29.7 Å². The number of benzene rings is 1. The number of nitro groups is 1. The Kier molecular flexibility index (Phi) is 4.35. The number of nitrogens with zero attached hydrogens (tertiary/aromatic N) is 2. The van der Waals surface area contributed by atoms with Gasteiger partial charge in [-0.3, -0.25) is 24.6 Å². The largest absolute Gasteiger partial charge is 0.461 e. The van der Waals surface area contributed by atoms with Crippen molar-refractivity contribution in [3.05, 3.63) is 57.7 Å². The first-order chi connectivity index (χ1) is 12.0. The topological polar surface area (TPSA) is 107 Å². The van der Waals surface area contributed by atoms with Gasteiger partial charge in [0.25, 0.3) is 11.8 Å². The summed E-state index contributed by atoms with van der Waals surface area (Å²) in [6, 6.07) is 4.33. The van der Waals surface area contributed by atoms with Crippen molar-refractivity contribution >= 4 is 17.8 Å². The highest BCUT2D eigenvalue weighted by Gasteiger charge is 2.46. The van der Waals surface area contributed by atoms with Crippen LogP contribution in [0.4, 0.5) is 0 Å². The number of carbonyl (C=O) groups is 3. The molecule has 2 aliphatic rings. The van der Waals surface area contributed by atoms with E-state index in [0.29, 0.717) is 11.1 Å². The van der Waals surface area contributed by atoms with E-state index >= 15 is 0 Å². The van der Waals surface area contributed by atoms with E-state index < -0.39 is 40.7 Å². The van der Waals surface area contributed by atoms with Crippen molar-refractivity contribution < 1.29 is 24.0 Å². The molecular formula is C17H16N2O6. The van der Waals surface area contributed by atoms with Gasteiger partial charge < -0.3 is 4.74 Å². The molecule has 130 valence electrons. The van der Waals surface area contributed by atoms with Crippen molar-refractivity contribution in [3.8, 4) is 0 Å². The Bertz CT molecular complexity index is 752. The van der Waals surface area contributed by atoms with E-state index in [0.717, 1.165) is 4.90 Å². The van der Waals surface area contributed by atoms with E-state index in [1.54, 1.807) is 37.3 Å². The third kappa shape index (κ3) is 2.79. The van der Waals surface area contributed by atoms with Gasteiger partial charge in [-0.05, 0) is 25.5 Å². The van der Waals surface area contributed by atoms with Gasteiger partial charge in [0.15, 0.2) is 0 Å². The number of esters is 1. The molecular weight excluding hydrogens is 328 g/mol. The number of hydrogen-bond donors (Lipinski definition) is 0. The first kappa shape index (κ1) is 16.8. The zero-order chi connectivity index (χ0) is 18.1. The molecule has 0 N–H and O–H groups in total. The minimum absolute atomic E-state index is 0.0431.